The van der Waals surface area contributed by atoms with E-state index in [9.17, 15) is 4.39 Å². The van der Waals surface area contributed by atoms with Gasteiger partial charge in [-0.05, 0) is 50.6 Å². The average Bonchev–Trinajstić information content (AvgIpc) is 3.22. The van der Waals surface area contributed by atoms with E-state index >= 15 is 0 Å². The summed E-state index contributed by atoms with van der Waals surface area (Å²) in [5.74, 6) is 1.53. The van der Waals surface area contributed by atoms with E-state index in [1.54, 1.807) is 19.2 Å². The molecule has 164 valence electrons. The predicted molar refractivity (Wildman–Crippen MR) is 122 cm³/mol. The lowest BCUT2D eigenvalue weighted by Gasteiger charge is -2.42. The molecule has 1 saturated heterocycles. The van der Waals surface area contributed by atoms with Crippen LogP contribution in [0.25, 0.3) is 22.5 Å². The fourth-order valence-electron chi connectivity index (χ4n) is 4.03. The third-order valence-corrected chi connectivity index (χ3v) is 6.08. The number of hydrogen-bond donors (Lipinski definition) is 0. The van der Waals surface area contributed by atoms with E-state index in [1.165, 1.54) is 12.1 Å². The van der Waals surface area contributed by atoms with Crippen LogP contribution in [0.5, 0.6) is 5.75 Å². The molecule has 1 fully saturated rings. The van der Waals surface area contributed by atoms with E-state index in [4.69, 9.17) is 20.9 Å². The van der Waals surface area contributed by atoms with E-state index < -0.39 is 0 Å². The highest BCUT2D eigenvalue weighted by Crippen LogP contribution is 2.42. The Kier molecular flexibility index (Phi) is 5.95. The number of aromatic nitrogens is 1. The number of nitrogens with zero attached hydrogens (tertiary/aromatic N) is 3. The van der Waals surface area contributed by atoms with Gasteiger partial charge in [0, 0.05) is 48.9 Å². The molecule has 2 heterocycles. The maximum atomic E-state index is 14.0. The van der Waals surface area contributed by atoms with Crippen molar-refractivity contribution in [2.45, 2.75) is 26.3 Å². The fraction of sp³-hybridized carbons (Fsp3) is 0.375. The van der Waals surface area contributed by atoms with E-state index in [1.807, 2.05) is 18.2 Å². The zero-order valence-electron chi connectivity index (χ0n) is 18.3. The average molecular weight is 444 g/mol. The van der Waals surface area contributed by atoms with Gasteiger partial charge in [0.1, 0.15) is 11.6 Å². The molecule has 0 radical (unpaired) electrons. The molecule has 1 aromatic heterocycles. The monoisotopic (exact) mass is 443 g/mol. The van der Waals surface area contributed by atoms with Gasteiger partial charge in [-0.15, -0.1) is 0 Å². The molecular formula is C24H27ClFN3O2. The largest absolute Gasteiger partial charge is 0.496 e. The molecule has 0 amide bonds. The number of rotatable bonds is 4. The molecule has 1 aliphatic heterocycles. The summed E-state index contributed by atoms with van der Waals surface area (Å²) in [4.78, 5) is 4.68. The highest BCUT2D eigenvalue weighted by molar-refractivity contribution is 6.34. The summed E-state index contributed by atoms with van der Waals surface area (Å²) in [7, 11) is 1.56. The molecule has 31 heavy (non-hydrogen) atoms. The van der Waals surface area contributed by atoms with Crippen LogP contribution in [-0.4, -0.2) is 48.9 Å². The van der Waals surface area contributed by atoms with Crippen LogP contribution in [0.2, 0.25) is 5.02 Å². The van der Waals surface area contributed by atoms with Crippen LogP contribution in [-0.2, 0) is 0 Å². The van der Waals surface area contributed by atoms with Crippen LogP contribution < -0.4 is 9.64 Å². The highest BCUT2D eigenvalue weighted by atomic mass is 35.5. The SMILES string of the molecule is COc1ccc(F)cc1-c1cccc(Cl)c1-c1cc(N2CCN(C(C)(C)C)CC2)no1. The first-order chi connectivity index (χ1) is 14.8. The van der Waals surface area contributed by atoms with Crippen LogP contribution in [0, 0.1) is 5.82 Å². The van der Waals surface area contributed by atoms with Crippen LogP contribution in [0.15, 0.2) is 47.0 Å². The number of anilines is 1. The molecule has 0 spiro atoms. The van der Waals surface area contributed by atoms with Gasteiger partial charge >= 0.3 is 0 Å². The Balaban J connectivity index is 1.67. The van der Waals surface area contributed by atoms with Crippen LogP contribution in [0.1, 0.15) is 20.8 Å². The molecule has 7 heteroatoms. The summed E-state index contributed by atoms with van der Waals surface area (Å²) in [6, 6.07) is 11.8. The van der Waals surface area contributed by atoms with Crippen molar-refractivity contribution in [2.24, 2.45) is 0 Å². The van der Waals surface area contributed by atoms with Crippen LogP contribution in [0.3, 0.4) is 0 Å². The lowest BCUT2D eigenvalue weighted by molar-refractivity contribution is 0.128. The minimum absolute atomic E-state index is 0.150. The minimum atomic E-state index is -0.350. The first kappa shape index (κ1) is 21.7. The van der Waals surface area contributed by atoms with Crippen molar-refractivity contribution < 1.29 is 13.7 Å². The van der Waals surface area contributed by atoms with Gasteiger partial charge in [0.05, 0.1) is 12.1 Å². The highest BCUT2D eigenvalue weighted by Gasteiger charge is 2.27. The number of ether oxygens (including phenoxy) is 1. The lowest BCUT2D eigenvalue weighted by Crippen LogP contribution is -2.53. The normalized spacial score (nSPS) is 15.4. The molecule has 0 aliphatic carbocycles. The molecule has 0 atom stereocenters. The third-order valence-electron chi connectivity index (χ3n) is 5.76. The Morgan fingerprint density at radius 2 is 1.77 bits per heavy atom. The second-order valence-corrected chi connectivity index (χ2v) is 9.11. The van der Waals surface area contributed by atoms with Gasteiger partial charge in [0.2, 0.25) is 0 Å². The lowest BCUT2D eigenvalue weighted by atomic mass is 9.97. The van der Waals surface area contributed by atoms with Crippen molar-refractivity contribution >= 4 is 17.4 Å². The number of methoxy groups -OCH3 is 1. The fourth-order valence-corrected chi connectivity index (χ4v) is 4.30. The minimum Gasteiger partial charge on any atom is -0.496 e. The molecule has 4 rings (SSSR count). The first-order valence-electron chi connectivity index (χ1n) is 10.4. The summed E-state index contributed by atoms with van der Waals surface area (Å²) < 4.78 is 25.2. The molecule has 0 unspecified atom stereocenters. The Hall–Kier alpha value is -2.57. The summed E-state index contributed by atoms with van der Waals surface area (Å²) in [6.07, 6.45) is 0. The molecule has 5 nitrogen and oxygen atoms in total. The molecule has 3 aromatic rings. The smallest absolute Gasteiger partial charge is 0.172 e. The summed E-state index contributed by atoms with van der Waals surface area (Å²) in [5.41, 5.74) is 2.15. The molecule has 0 bridgehead atoms. The molecule has 2 aromatic carbocycles. The summed E-state index contributed by atoms with van der Waals surface area (Å²) in [6.45, 7) is 10.4. The van der Waals surface area contributed by atoms with Gasteiger partial charge in [-0.1, -0.05) is 28.9 Å². The van der Waals surface area contributed by atoms with Gasteiger partial charge in [-0.25, -0.2) is 4.39 Å². The first-order valence-corrected chi connectivity index (χ1v) is 10.8. The standard InChI is InChI=1S/C24H27ClFN3O2/c1-24(2,3)29-12-10-28(11-13-29)22-15-21(31-27-22)23-17(6-5-7-19(23)25)18-14-16(26)8-9-20(18)30-4/h5-9,14-15H,10-13H2,1-4H3. The Morgan fingerprint density at radius 1 is 1.03 bits per heavy atom. The molecular weight excluding hydrogens is 417 g/mol. The van der Waals surface area contributed by atoms with Gasteiger partial charge in [0.25, 0.3) is 0 Å². The van der Waals surface area contributed by atoms with Crippen molar-refractivity contribution in [3.63, 3.8) is 0 Å². The summed E-state index contributed by atoms with van der Waals surface area (Å²) in [5, 5.41) is 4.81. The van der Waals surface area contributed by atoms with Crippen LogP contribution in [0.4, 0.5) is 10.2 Å². The third kappa shape index (κ3) is 4.41. The maximum absolute atomic E-state index is 14.0. The van der Waals surface area contributed by atoms with Crippen molar-refractivity contribution in [3.05, 3.63) is 53.3 Å². The summed E-state index contributed by atoms with van der Waals surface area (Å²) >= 11 is 6.57. The second kappa shape index (κ2) is 8.52. The number of hydrogen-bond acceptors (Lipinski definition) is 5. The Bertz CT molecular complexity index is 1070. The predicted octanol–water partition coefficient (Wildman–Crippen LogP) is 5.73. The van der Waals surface area contributed by atoms with E-state index in [-0.39, 0.29) is 11.4 Å². The van der Waals surface area contributed by atoms with Crippen LogP contribution >= 0.6 is 11.6 Å². The van der Waals surface area contributed by atoms with Crippen molar-refractivity contribution in [1.29, 1.82) is 0 Å². The van der Waals surface area contributed by atoms with Crippen molar-refractivity contribution in [1.82, 2.24) is 10.1 Å². The number of benzene rings is 2. The Labute approximate surface area is 187 Å². The number of halogens is 2. The zero-order chi connectivity index (χ0) is 22.2. The second-order valence-electron chi connectivity index (χ2n) is 8.70. The van der Waals surface area contributed by atoms with Crippen molar-refractivity contribution in [3.8, 4) is 28.2 Å². The zero-order valence-corrected chi connectivity index (χ0v) is 19.0. The molecule has 1 aliphatic rings. The van der Waals surface area contributed by atoms with Crippen molar-refractivity contribution in [2.75, 3.05) is 38.2 Å². The maximum Gasteiger partial charge on any atom is 0.172 e. The Morgan fingerprint density at radius 3 is 2.45 bits per heavy atom. The molecule has 0 N–H and O–H groups in total. The van der Waals surface area contributed by atoms with E-state index in [0.29, 0.717) is 27.7 Å². The molecule has 0 saturated carbocycles. The van der Waals surface area contributed by atoms with Gasteiger partial charge in [-0.2, -0.15) is 0 Å². The topological polar surface area (TPSA) is 41.7 Å². The number of piperazine rings is 1. The van der Waals surface area contributed by atoms with E-state index in [0.717, 1.165) is 37.6 Å². The van der Waals surface area contributed by atoms with E-state index in [2.05, 4.69) is 35.7 Å². The van der Waals surface area contributed by atoms with Gasteiger partial charge in [0.15, 0.2) is 11.6 Å². The van der Waals surface area contributed by atoms with Gasteiger partial charge < -0.3 is 14.2 Å². The quantitative estimate of drug-likeness (QED) is 0.515. The van der Waals surface area contributed by atoms with Gasteiger partial charge in [-0.3, -0.25) is 4.90 Å².